The number of nitrogens with zero attached hydrogens (tertiary/aromatic N) is 1. The number of Topliss-reactive ketones (excluding diaryl/α,β-unsaturated/α-hetero) is 1. The normalized spacial score (nSPS) is 20.6. The lowest BCUT2D eigenvalue weighted by Crippen LogP contribution is -2.37. The van der Waals surface area contributed by atoms with E-state index in [0.717, 1.165) is 25.0 Å². The Balaban J connectivity index is 1.40. The molecule has 14 heteroatoms. The van der Waals surface area contributed by atoms with Gasteiger partial charge >= 0.3 is 6.18 Å². The highest BCUT2D eigenvalue weighted by Gasteiger charge is 2.40. The van der Waals surface area contributed by atoms with E-state index in [9.17, 15) is 30.8 Å². The molecule has 40 heavy (non-hydrogen) atoms. The van der Waals surface area contributed by atoms with Crippen molar-refractivity contribution in [1.29, 1.82) is 0 Å². The highest BCUT2D eigenvalue weighted by molar-refractivity contribution is 7.89. The Bertz CT molecular complexity index is 1590. The number of aromatic nitrogens is 2. The van der Waals surface area contributed by atoms with Crippen LogP contribution < -0.4 is 10.0 Å². The Hall–Kier alpha value is -3.78. The molecule has 5 rings (SSSR count). The molecule has 3 heterocycles. The number of hydrogen-bond acceptors (Lipinski definition) is 6. The van der Waals surface area contributed by atoms with Crippen LogP contribution >= 0.6 is 0 Å². The Morgan fingerprint density at radius 2 is 1.77 bits per heavy atom. The summed E-state index contributed by atoms with van der Waals surface area (Å²) in [5.41, 5.74) is -0.897. The fraction of sp³-hybridized carbons (Fsp3) is 0.308. The minimum Gasteiger partial charge on any atom is -0.381 e. The van der Waals surface area contributed by atoms with Gasteiger partial charge in [-0.05, 0) is 55.3 Å². The molecule has 8 nitrogen and oxygen atoms in total. The fourth-order valence-electron chi connectivity index (χ4n) is 4.67. The van der Waals surface area contributed by atoms with Gasteiger partial charge in [0, 0.05) is 42.9 Å². The number of H-pyrrole nitrogens is 1. The minimum atomic E-state index is -4.68. The molecule has 2 aromatic heterocycles. The van der Waals surface area contributed by atoms with Gasteiger partial charge in [0.1, 0.15) is 17.4 Å². The van der Waals surface area contributed by atoms with E-state index in [1.807, 2.05) is 4.72 Å². The van der Waals surface area contributed by atoms with Gasteiger partial charge in [0.25, 0.3) is 10.0 Å². The summed E-state index contributed by atoms with van der Waals surface area (Å²) in [7, 11) is -4.56. The van der Waals surface area contributed by atoms with E-state index in [4.69, 9.17) is 4.74 Å². The van der Waals surface area contributed by atoms with Crippen molar-refractivity contribution >= 4 is 32.5 Å². The third-order valence-electron chi connectivity index (χ3n) is 6.76. The number of rotatable bonds is 7. The molecule has 0 radical (unpaired) electrons. The second kappa shape index (κ2) is 10.7. The van der Waals surface area contributed by atoms with Crippen molar-refractivity contribution in [3.05, 3.63) is 77.5 Å². The number of ketones is 1. The number of allylic oxidation sites excluding steroid dienone is 4. The van der Waals surface area contributed by atoms with E-state index in [1.54, 1.807) is 6.07 Å². The van der Waals surface area contributed by atoms with Gasteiger partial charge in [-0.3, -0.25) is 9.52 Å². The SMILES string of the molecule is O=C(c1c[nH]c2nccc(NC3CCOCC3)c12)C1C(F)=CC=C(NS(=O)(=O)c2ccc(C(F)(F)F)cc2)C1F. The predicted octanol–water partition coefficient (Wildman–Crippen LogP) is 5.04. The number of halogens is 5. The summed E-state index contributed by atoms with van der Waals surface area (Å²) >= 11 is 0. The number of nitrogens with one attached hydrogen (secondary N) is 3. The average Bonchev–Trinajstić information content (AvgIpc) is 3.36. The molecule has 0 saturated carbocycles. The first-order chi connectivity index (χ1) is 19.0. The first-order valence-corrected chi connectivity index (χ1v) is 13.7. The van der Waals surface area contributed by atoms with E-state index in [2.05, 4.69) is 15.3 Å². The molecule has 1 aromatic carbocycles. The van der Waals surface area contributed by atoms with Gasteiger partial charge in [-0.25, -0.2) is 22.2 Å². The number of carbonyl (C=O) groups is 1. The molecular weight excluding hydrogens is 559 g/mol. The molecule has 2 unspecified atom stereocenters. The Morgan fingerprint density at radius 1 is 1.07 bits per heavy atom. The maximum absolute atomic E-state index is 15.6. The highest BCUT2D eigenvalue weighted by Crippen LogP contribution is 2.36. The molecule has 0 bridgehead atoms. The molecule has 1 aliphatic carbocycles. The summed E-state index contributed by atoms with van der Waals surface area (Å²) in [5.74, 6) is -4.08. The zero-order valence-corrected chi connectivity index (χ0v) is 21.5. The maximum atomic E-state index is 15.6. The topological polar surface area (TPSA) is 113 Å². The highest BCUT2D eigenvalue weighted by atomic mass is 32.2. The predicted molar refractivity (Wildman–Crippen MR) is 135 cm³/mol. The van der Waals surface area contributed by atoms with Gasteiger partial charge in [0.05, 0.1) is 21.5 Å². The number of alkyl halides is 4. The van der Waals surface area contributed by atoms with E-state index in [-0.39, 0.29) is 11.6 Å². The number of fused-ring (bicyclic) bond motifs is 1. The van der Waals surface area contributed by atoms with E-state index < -0.39 is 56.1 Å². The molecule has 2 atom stereocenters. The summed E-state index contributed by atoms with van der Waals surface area (Å²) in [6.45, 7) is 1.12. The van der Waals surface area contributed by atoms with Crippen LogP contribution in [0.1, 0.15) is 28.8 Å². The molecule has 1 fully saturated rings. The zero-order valence-electron chi connectivity index (χ0n) is 20.6. The largest absolute Gasteiger partial charge is 0.416 e. The maximum Gasteiger partial charge on any atom is 0.416 e. The number of sulfonamides is 1. The minimum absolute atomic E-state index is 0.0410. The molecule has 1 saturated heterocycles. The van der Waals surface area contributed by atoms with Crippen LogP contribution in [0.2, 0.25) is 0 Å². The van der Waals surface area contributed by atoms with E-state index in [1.165, 1.54) is 12.4 Å². The molecule has 3 aromatic rings. The third kappa shape index (κ3) is 5.45. The van der Waals surface area contributed by atoms with Crippen molar-refractivity contribution in [3.63, 3.8) is 0 Å². The summed E-state index contributed by atoms with van der Waals surface area (Å²) in [6, 6.07) is 4.26. The lowest BCUT2D eigenvalue weighted by atomic mass is 9.87. The van der Waals surface area contributed by atoms with Crippen molar-refractivity contribution in [2.75, 3.05) is 18.5 Å². The van der Waals surface area contributed by atoms with E-state index in [0.29, 0.717) is 54.2 Å². The van der Waals surface area contributed by atoms with Crippen LogP contribution in [0.5, 0.6) is 0 Å². The molecule has 2 aliphatic rings. The Labute approximate surface area is 225 Å². The number of benzene rings is 1. The van der Waals surface area contributed by atoms with Crippen molar-refractivity contribution < 1.29 is 39.9 Å². The second-order valence-corrected chi connectivity index (χ2v) is 11.0. The average molecular weight is 583 g/mol. The third-order valence-corrected chi connectivity index (χ3v) is 8.15. The molecule has 0 spiro atoms. The number of hydrogen-bond donors (Lipinski definition) is 3. The van der Waals surface area contributed by atoms with Crippen LogP contribution in [0.4, 0.5) is 27.6 Å². The first-order valence-electron chi connectivity index (χ1n) is 12.2. The van der Waals surface area contributed by atoms with Crippen molar-refractivity contribution in [2.24, 2.45) is 5.92 Å². The monoisotopic (exact) mass is 582 g/mol. The lowest BCUT2D eigenvalue weighted by Gasteiger charge is -2.26. The smallest absolute Gasteiger partial charge is 0.381 e. The van der Waals surface area contributed by atoms with Gasteiger partial charge in [-0.2, -0.15) is 13.2 Å². The number of anilines is 1. The van der Waals surface area contributed by atoms with Crippen molar-refractivity contribution in [2.45, 2.75) is 36.1 Å². The molecule has 3 N–H and O–H groups in total. The van der Waals surface area contributed by atoms with Crippen molar-refractivity contribution in [1.82, 2.24) is 14.7 Å². The van der Waals surface area contributed by atoms with Gasteiger partial charge in [-0.1, -0.05) is 0 Å². The Kier molecular flexibility index (Phi) is 7.40. The van der Waals surface area contributed by atoms with Gasteiger partial charge in [0.15, 0.2) is 12.0 Å². The van der Waals surface area contributed by atoms with Crippen molar-refractivity contribution in [3.8, 4) is 0 Å². The number of aromatic amines is 1. The Morgan fingerprint density at radius 3 is 2.45 bits per heavy atom. The van der Waals surface area contributed by atoms with Crippen LogP contribution in [-0.4, -0.2) is 49.6 Å². The molecule has 0 amide bonds. The fourth-order valence-corrected chi connectivity index (χ4v) is 5.77. The summed E-state index contributed by atoms with van der Waals surface area (Å²) in [6.07, 6.45) is -1.26. The summed E-state index contributed by atoms with van der Waals surface area (Å²) < 4.78 is 102. The number of carbonyl (C=O) groups excluding carboxylic acids is 1. The van der Waals surface area contributed by atoms with Crippen LogP contribution in [-0.2, 0) is 20.9 Å². The van der Waals surface area contributed by atoms with Crippen LogP contribution in [0.3, 0.4) is 0 Å². The second-order valence-electron chi connectivity index (χ2n) is 9.36. The van der Waals surface area contributed by atoms with Crippen LogP contribution in [0.15, 0.2) is 71.3 Å². The summed E-state index contributed by atoms with van der Waals surface area (Å²) in [5, 5.41) is 3.67. The summed E-state index contributed by atoms with van der Waals surface area (Å²) in [4.78, 5) is 20.0. The zero-order chi connectivity index (χ0) is 28.7. The molecular formula is C26H23F5N4O4S. The number of ether oxygens (including phenoxy) is 1. The lowest BCUT2D eigenvalue weighted by molar-refractivity contribution is -0.137. The first kappa shape index (κ1) is 27.8. The quantitative estimate of drug-likeness (QED) is 0.266. The van der Waals surface area contributed by atoms with Gasteiger partial charge in [0.2, 0.25) is 0 Å². The molecule has 1 aliphatic heterocycles. The van der Waals surface area contributed by atoms with Gasteiger partial charge < -0.3 is 15.0 Å². The van der Waals surface area contributed by atoms with Crippen LogP contribution in [0, 0.1) is 5.92 Å². The van der Waals surface area contributed by atoms with Crippen LogP contribution in [0.25, 0.3) is 11.0 Å². The standard InChI is InChI=1S/C26H23F5N4O4S/c27-18-5-6-20(35-40(37,38)16-3-1-14(2-4-16)26(29,30)31)23(28)22(18)24(36)17-13-33-25-21(17)19(7-10-32-25)34-15-8-11-39-12-9-15/h1-7,10,13,15,22-23,35H,8-9,11-12H2,(H2,32,33,34). The van der Waals surface area contributed by atoms with Gasteiger partial charge in [-0.15, -0.1) is 0 Å². The number of pyridine rings is 1. The molecule has 212 valence electrons. The van der Waals surface area contributed by atoms with E-state index >= 15 is 4.39 Å².